The average molecular weight is 314 g/mol. The van der Waals surface area contributed by atoms with E-state index in [1.165, 1.54) is 23.6 Å². The Balaban J connectivity index is 2.28. The smallest absolute Gasteiger partial charge is 0.355 e. The first-order valence-electron chi connectivity index (χ1n) is 6.59. The molecule has 1 unspecified atom stereocenters. The van der Waals surface area contributed by atoms with Gasteiger partial charge in [0.05, 0.1) is 6.10 Å². The zero-order chi connectivity index (χ0) is 15.7. The van der Waals surface area contributed by atoms with Crippen molar-refractivity contribution in [3.05, 3.63) is 11.3 Å². The van der Waals surface area contributed by atoms with Crippen molar-refractivity contribution in [2.24, 2.45) is 5.73 Å². The molecule has 1 amide bonds. The zero-order valence-electron chi connectivity index (χ0n) is 12.1. The Morgan fingerprint density at radius 2 is 2.14 bits per heavy atom. The zero-order valence-corrected chi connectivity index (χ0v) is 12.9. The van der Waals surface area contributed by atoms with E-state index in [1.807, 2.05) is 0 Å². The van der Waals surface area contributed by atoms with Crippen LogP contribution >= 0.6 is 11.8 Å². The molecule has 1 fully saturated rings. The quantitative estimate of drug-likeness (QED) is 0.576. The van der Waals surface area contributed by atoms with Crippen LogP contribution in [-0.2, 0) is 23.9 Å². The third-order valence-corrected chi connectivity index (χ3v) is 4.43. The lowest BCUT2D eigenvalue weighted by Crippen LogP contribution is -2.68. The maximum absolute atomic E-state index is 12.2. The van der Waals surface area contributed by atoms with Crippen LogP contribution < -0.4 is 5.73 Å². The van der Waals surface area contributed by atoms with Gasteiger partial charge in [0.1, 0.15) is 23.7 Å². The Bertz CT molecular complexity index is 517. The molecular formula is C13H18N2O5S. The first kappa shape index (κ1) is 15.8. The molecule has 0 radical (unpaired) electrons. The molecule has 21 heavy (non-hydrogen) atoms. The van der Waals surface area contributed by atoms with Gasteiger partial charge in [0.15, 0.2) is 0 Å². The van der Waals surface area contributed by atoms with E-state index >= 15 is 0 Å². The van der Waals surface area contributed by atoms with Gasteiger partial charge in [-0.05, 0) is 13.8 Å². The molecule has 8 heteroatoms. The predicted molar refractivity (Wildman–Crippen MR) is 76.0 cm³/mol. The van der Waals surface area contributed by atoms with Gasteiger partial charge in [-0.3, -0.25) is 14.5 Å². The monoisotopic (exact) mass is 314 g/mol. The van der Waals surface area contributed by atoms with E-state index in [1.54, 1.807) is 13.8 Å². The fourth-order valence-corrected chi connectivity index (χ4v) is 3.41. The molecule has 116 valence electrons. The fraction of sp³-hybridized carbons (Fsp3) is 0.615. The number of hydrogen-bond donors (Lipinski definition) is 1. The summed E-state index contributed by atoms with van der Waals surface area (Å²) in [5.74, 6) is -0.878. The number of fused-ring (bicyclic) bond motifs is 1. The van der Waals surface area contributed by atoms with Crippen molar-refractivity contribution in [1.82, 2.24) is 4.90 Å². The van der Waals surface area contributed by atoms with Crippen LogP contribution in [0.1, 0.15) is 20.8 Å². The third kappa shape index (κ3) is 3.06. The number of rotatable bonds is 4. The number of carbonyl (C=O) groups is 3. The number of nitrogens with two attached hydrogens (primary N) is 1. The van der Waals surface area contributed by atoms with Gasteiger partial charge >= 0.3 is 11.9 Å². The summed E-state index contributed by atoms with van der Waals surface area (Å²) in [6.45, 7) is 4.71. The lowest BCUT2D eigenvalue weighted by atomic mass is 10.0. The van der Waals surface area contributed by atoms with Crippen LogP contribution in [0.3, 0.4) is 0 Å². The second-order valence-corrected chi connectivity index (χ2v) is 6.23. The molecule has 2 aliphatic heterocycles. The van der Waals surface area contributed by atoms with Crippen LogP contribution in [0.2, 0.25) is 0 Å². The molecule has 0 saturated carbocycles. The third-order valence-electron chi connectivity index (χ3n) is 3.07. The van der Waals surface area contributed by atoms with Crippen molar-refractivity contribution in [1.29, 1.82) is 0 Å². The fourth-order valence-electron chi connectivity index (χ4n) is 2.14. The maximum Gasteiger partial charge on any atom is 0.355 e. The number of esters is 2. The molecule has 7 nitrogen and oxygen atoms in total. The Labute approximate surface area is 126 Å². The molecule has 2 heterocycles. The molecule has 0 bridgehead atoms. The SMILES string of the molecule is CC(=O)OCC1=C(C(=O)OC(C)C)N2C(=O)C(N)[C@@H]2SC1. The second kappa shape index (κ2) is 6.07. The highest BCUT2D eigenvalue weighted by Gasteiger charge is 2.52. The van der Waals surface area contributed by atoms with Crippen molar-refractivity contribution >= 4 is 29.6 Å². The molecule has 0 aromatic carbocycles. The van der Waals surface area contributed by atoms with Crippen molar-refractivity contribution in [3.8, 4) is 0 Å². The Kier molecular flexibility index (Phi) is 4.58. The number of amides is 1. The summed E-state index contributed by atoms with van der Waals surface area (Å²) in [7, 11) is 0. The van der Waals surface area contributed by atoms with Gasteiger partial charge in [-0.15, -0.1) is 11.8 Å². The molecule has 2 atom stereocenters. The number of thioether (sulfide) groups is 1. The highest BCUT2D eigenvalue weighted by molar-refractivity contribution is 8.00. The van der Waals surface area contributed by atoms with E-state index in [0.29, 0.717) is 11.3 Å². The molecule has 2 N–H and O–H groups in total. The van der Waals surface area contributed by atoms with Crippen molar-refractivity contribution in [2.75, 3.05) is 12.4 Å². The minimum Gasteiger partial charge on any atom is -0.461 e. The molecule has 2 aliphatic rings. The lowest BCUT2D eigenvalue weighted by Gasteiger charge is -2.48. The largest absolute Gasteiger partial charge is 0.461 e. The number of β-lactam (4-membered cyclic amide) rings is 1. The van der Waals surface area contributed by atoms with Gasteiger partial charge in [0.2, 0.25) is 5.91 Å². The molecule has 0 aliphatic carbocycles. The Morgan fingerprint density at radius 1 is 1.48 bits per heavy atom. The number of ether oxygens (including phenoxy) is 2. The number of hydrogen-bond acceptors (Lipinski definition) is 7. The summed E-state index contributed by atoms with van der Waals surface area (Å²) in [4.78, 5) is 36.5. The average Bonchev–Trinajstić information content (AvgIpc) is 2.42. The standard InChI is InChI=1S/C13H18N2O5S/c1-6(2)20-13(18)10-8(4-19-7(3)16)5-21-12-9(14)11(17)15(10)12/h6,9,12H,4-5,14H2,1-3H3/t9?,12-/m0/s1. The summed E-state index contributed by atoms with van der Waals surface area (Å²) >= 11 is 1.45. The highest BCUT2D eigenvalue weighted by Crippen LogP contribution is 2.39. The van der Waals surface area contributed by atoms with E-state index in [2.05, 4.69) is 0 Å². The Morgan fingerprint density at radius 3 is 2.71 bits per heavy atom. The van der Waals surface area contributed by atoms with Crippen molar-refractivity contribution in [3.63, 3.8) is 0 Å². The number of carbonyl (C=O) groups excluding carboxylic acids is 3. The summed E-state index contributed by atoms with van der Waals surface area (Å²) in [5.41, 5.74) is 6.47. The van der Waals surface area contributed by atoms with Crippen molar-refractivity contribution < 1.29 is 23.9 Å². The van der Waals surface area contributed by atoms with Crippen LogP contribution in [0, 0.1) is 0 Å². The molecule has 0 aromatic heterocycles. The van der Waals surface area contributed by atoms with Gasteiger partial charge < -0.3 is 15.2 Å². The first-order chi connectivity index (χ1) is 9.82. The van der Waals surface area contributed by atoms with E-state index in [0.717, 1.165) is 0 Å². The molecule has 0 spiro atoms. The van der Waals surface area contributed by atoms with Crippen molar-refractivity contribution in [2.45, 2.75) is 38.3 Å². The summed E-state index contributed by atoms with van der Waals surface area (Å²) in [5, 5.41) is -0.256. The summed E-state index contributed by atoms with van der Waals surface area (Å²) in [6, 6.07) is -0.605. The van der Waals surface area contributed by atoms with Crippen LogP contribution in [0.4, 0.5) is 0 Å². The predicted octanol–water partition coefficient (Wildman–Crippen LogP) is -0.00240. The number of nitrogens with zero attached hydrogens (tertiary/aromatic N) is 1. The van der Waals surface area contributed by atoms with Crippen LogP contribution in [0.15, 0.2) is 11.3 Å². The summed E-state index contributed by atoms with van der Waals surface area (Å²) < 4.78 is 10.1. The molecule has 1 saturated heterocycles. The van der Waals surface area contributed by atoms with Crippen LogP contribution in [0.5, 0.6) is 0 Å². The van der Waals surface area contributed by atoms with E-state index in [4.69, 9.17) is 15.2 Å². The van der Waals surface area contributed by atoms with E-state index in [9.17, 15) is 14.4 Å². The highest BCUT2D eigenvalue weighted by atomic mass is 32.2. The van der Waals surface area contributed by atoms with Gasteiger partial charge in [-0.1, -0.05) is 0 Å². The van der Waals surface area contributed by atoms with E-state index < -0.39 is 18.0 Å². The maximum atomic E-state index is 12.2. The minimum absolute atomic E-state index is 0.0312. The molecular weight excluding hydrogens is 296 g/mol. The van der Waals surface area contributed by atoms with Gasteiger partial charge in [-0.25, -0.2) is 4.79 Å². The topological polar surface area (TPSA) is 98.9 Å². The van der Waals surface area contributed by atoms with Gasteiger partial charge in [0, 0.05) is 18.2 Å². The van der Waals surface area contributed by atoms with Gasteiger partial charge in [-0.2, -0.15) is 0 Å². The Hall–Kier alpha value is -1.54. The second-order valence-electron chi connectivity index (χ2n) is 5.12. The van der Waals surface area contributed by atoms with E-state index in [-0.39, 0.29) is 29.7 Å². The summed E-state index contributed by atoms with van der Waals surface area (Å²) in [6.07, 6.45) is -0.307. The minimum atomic E-state index is -0.605. The lowest BCUT2D eigenvalue weighted by molar-refractivity contribution is -0.153. The first-order valence-corrected chi connectivity index (χ1v) is 7.64. The van der Waals surface area contributed by atoms with Gasteiger partial charge in [0.25, 0.3) is 0 Å². The van der Waals surface area contributed by atoms with Crippen LogP contribution in [0.25, 0.3) is 0 Å². The normalized spacial score (nSPS) is 24.6. The van der Waals surface area contributed by atoms with Crippen LogP contribution in [-0.4, -0.2) is 52.6 Å². The molecule has 0 aromatic rings. The molecule has 2 rings (SSSR count).